The normalized spacial score (nSPS) is 11.0. The van der Waals surface area contributed by atoms with Gasteiger partial charge in [0, 0.05) is 12.6 Å². The Morgan fingerprint density at radius 3 is 2.30 bits per heavy atom. The summed E-state index contributed by atoms with van der Waals surface area (Å²) in [5.41, 5.74) is -0.958. The minimum absolute atomic E-state index is 0.337. The van der Waals surface area contributed by atoms with Gasteiger partial charge in [-0.3, -0.25) is 9.59 Å². The minimum atomic E-state index is -4.59. The first-order valence-electron chi connectivity index (χ1n) is 8.16. The van der Waals surface area contributed by atoms with Crippen molar-refractivity contribution in [1.29, 1.82) is 0 Å². The van der Waals surface area contributed by atoms with Crippen LogP contribution < -0.4 is 10.1 Å². The summed E-state index contributed by atoms with van der Waals surface area (Å²) in [6.07, 6.45) is -4.59. The van der Waals surface area contributed by atoms with Crippen molar-refractivity contribution in [2.75, 3.05) is 25.5 Å². The van der Waals surface area contributed by atoms with E-state index in [1.54, 1.807) is 24.3 Å². The van der Waals surface area contributed by atoms with E-state index in [2.05, 4.69) is 5.32 Å². The number of amides is 2. The van der Waals surface area contributed by atoms with Crippen LogP contribution in [0, 0.1) is 0 Å². The zero-order valence-corrected chi connectivity index (χ0v) is 14.8. The number of para-hydroxylation sites is 1. The molecular formula is C19H19F3N2O3. The number of hydrogen-bond acceptors (Lipinski definition) is 3. The van der Waals surface area contributed by atoms with Crippen molar-refractivity contribution < 1.29 is 27.5 Å². The van der Waals surface area contributed by atoms with Crippen molar-refractivity contribution in [1.82, 2.24) is 4.90 Å². The van der Waals surface area contributed by atoms with Gasteiger partial charge in [-0.2, -0.15) is 13.2 Å². The van der Waals surface area contributed by atoms with Gasteiger partial charge in [0.15, 0.2) is 0 Å². The molecule has 0 saturated carbocycles. The molecule has 0 bridgehead atoms. The molecular weight excluding hydrogens is 361 g/mol. The number of halogens is 3. The fourth-order valence-corrected chi connectivity index (χ4v) is 2.40. The summed E-state index contributed by atoms with van der Waals surface area (Å²) in [5.74, 6) is -0.552. The molecule has 8 heteroatoms. The van der Waals surface area contributed by atoms with Gasteiger partial charge in [-0.25, -0.2) is 0 Å². The van der Waals surface area contributed by atoms with Crippen LogP contribution in [-0.2, 0) is 11.0 Å². The van der Waals surface area contributed by atoms with Gasteiger partial charge < -0.3 is 15.0 Å². The van der Waals surface area contributed by atoms with Gasteiger partial charge in [-0.05, 0) is 43.3 Å². The molecule has 1 N–H and O–H groups in total. The number of nitrogens with zero attached hydrogens (tertiary/aromatic N) is 1. The monoisotopic (exact) mass is 380 g/mol. The Bertz CT molecular complexity index is 805. The maximum Gasteiger partial charge on any atom is 0.418 e. The summed E-state index contributed by atoms with van der Waals surface area (Å²) in [6, 6.07) is 11.0. The van der Waals surface area contributed by atoms with Crippen LogP contribution in [0.4, 0.5) is 18.9 Å². The van der Waals surface area contributed by atoms with Crippen LogP contribution in [-0.4, -0.2) is 36.9 Å². The standard InChI is InChI=1S/C19H19F3N2O3/c1-3-27-14-10-8-13(9-11-14)18(26)24(2)12-17(25)23-16-7-5-4-6-15(16)19(20,21)22/h4-11H,3,12H2,1-2H3,(H,23,25). The molecule has 0 aliphatic rings. The van der Waals surface area contributed by atoms with Crippen molar-refractivity contribution in [3.8, 4) is 5.75 Å². The fourth-order valence-electron chi connectivity index (χ4n) is 2.40. The van der Waals surface area contributed by atoms with E-state index in [4.69, 9.17) is 4.74 Å². The fraction of sp³-hybridized carbons (Fsp3) is 0.263. The molecule has 0 aliphatic carbocycles. The summed E-state index contributed by atoms with van der Waals surface area (Å²) in [6.45, 7) is 1.94. The quantitative estimate of drug-likeness (QED) is 0.829. The lowest BCUT2D eigenvalue weighted by atomic mass is 10.1. The van der Waals surface area contributed by atoms with Crippen molar-refractivity contribution in [3.63, 3.8) is 0 Å². The molecule has 0 heterocycles. The Hall–Kier alpha value is -3.03. The van der Waals surface area contributed by atoms with Gasteiger partial charge >= 0.3 is 6.18 Å². The molecule has 0 radical (unpaired) electrons. The Morgan fingerprint density at radius 1 is 1.07 bits per heavy atom. The second-order valence-corrected chi connectivity index (χ2v) is 5.71. The predicted octanol–water partition coefficient (Wildman–Crippen LogP) is 3.81. The van der Waals surface area contributed by atoms with Gasteiger partial charge in [0.2, 0.25) is 5.91 Å². The minimum Gasteiger partial charge on any atom is -0.494 e. The van der Waals surface area contributed by atoms with Crippen LogP contribution in [0.25, 0.3) is 0 Å². The van der Waals surface area contributed by atoms with Crippen LogP contribution in [0.5, 0.6) is 5.75 Å². The van der Waals surface area contributed by atoms with Crippen molar-refractivity contribution in [3.05, 3.63) is 59.7 Å². The van der Waals surface area contributed by atoms with Crippen molar-refractivity contribution in [2.24, 2.45) is 0 Å². The molecule has 0 spiro atoms. The van der Waals surface area contributed by atoms with Crippen LogP contribution in [0.1, 0.15) is 22.8 Å². The van der Waals surface area contributed by atoms with Gasteiger partial charge in [0.25, 0.3) is 5.91 Å². The number of hydrogen-bond donors (Lipinski definition) is 1. The highest BCUT2D eigenvalue weighted by Gasteiger charge is 2.33. The lowest BCUT2D eigenvalue weighted by molar-refractivity contribution is -0.137. The number of anilines is 1. The first kappa shape index (κ1) is 20.3. The molecule has 0 saturated heterocycles. The van der Waals surface area contributed by atoms with E-state index in [0.717, 1.165) is 17.0 Å². The highest BCUT2D eigenvalue weighted by molar-refractivity contribution is 5.99. The topological polar surface area (TPSA) is 58.6 Å². The number of alkyl halides is 3. The molecule has 5 nitrogen and oxygen atoms in total. The third-order valence-electron chi connectivity index (χ3n) is 3.65. The number of likely N-dealkylation sites (N-methyl/N-ethyl adjacent to an activating group) is 1. The number of carbonyl (C=O) groups is 2. The number of nitrogens with one attached hydrogen (secondary N) is 1. The van der Waals surface area contributed by atoms with E-state index in [0.29, 0.717) is 17.9 Å². The summed E-state index contributed by atoms with van der Waals surface area (Å²) in [4.78, 5) is 25.6. The maximum absolute atomic E-state index is 13.0. The molecule has 2 aromatic rings. The largest absolute Gasteiger partial charge is 0.494 e. The third-order valence-corrected chi connectivity index (χ3v) is 3.65. The van der Waals surface area contributed by atoms with Crippen molar-refractivity contribution >= 4 is 17.5 Å². The van der Waals surface area contributed by atoms with Gasteiger partial charge in [0.1, 0.15) is 5.75 Å². The molecule has 2 rings (SSSR count). The van der Waals surface area contributed by atoms with Crippen LogP contribution in [0.3, 0.4) is 0 Å². The zero-order valence-electron chi connectivity index (χ0n) is 14.8. The molecule has 144 valence electrons. The van der Waals surface area contributed by atoms with Crippen molar-refractivity contribution in [2.45, 2.75) is 13.1 Å². The zero-order chi connectivity index (χ0) is 20.0. The van der Waals surface area contributed by atoms with E-state index < -0.39 is 30.1 Å². The summed E-state index contributed by atoms with van der Waals surface area (Å²) >= 11 is 0. The molecule has 0 atom stereocenters. The van der Waals surface area contributed by atoms with E-state index in [1.165, 1.54) is 19.2 Å². The van der Waals surface area contributed by atoms with E-state index in [9.17, 15) is 22.8 Å². The number of ether oxygens (including phenoxy) is 1. The summed E-state index contributed by atoms with van der Waals surface area (Å²) < 4.78 is 44.2. The second-order valence-electron chi connectivity index (χ2n) is 5.71. The molecule has 0 unspecified atom stereocenters. The molecule has 0 aliphatic heterocycles. The van der Waals surface area contributed by atoms with E-state index in [1.807, 2.05) is 6.92 Å². The Labute approximate surface area is 154 Å². The Kier molecular flexibility index (Phi) is 6.44. The maximum atomic E-state index is 13.0. The molecule has 0 fully saturated rings. The highest BCUT2D eigenvalue weighted by atomic mass is 19.4. The smallest absolute Gasteiger partial charge is 0.418 e. The molecule has 27 heavy (non-hydrogen) atoms. The number of carbonyl (C=O) groups excluding carboxylic acids is 2. The second kappa shape index (κ2) is 8.57. The SMILES string of the molecule is CCOc1ccc(C(=O)N(C)CC(=O)Nc2ccccc2C(F)(F)F)cc1. The Morgan fingerprint density at radius 2 is 1.70 bits per heavy atom. The van der Waals surface area contributed by atoms with Crippen LogP contribution in [0.15, 0.2) is 48.5 Å². The molecule has 0 aromatic heterocycles. The number of benzene rings is 2. The highest BCUT2D eigenvalue weighted by Crippen LogP contribution is 2.34. The first-order chi connectivity index (χ1) is 12.7. The lowest BCUT2D eigenvalue weighted by Crippen LogP contribution is -2.35. The molecule has 2 amide bonds. The van der Waals surface area contributed by atoms with Gasteiger partial charge in [-0.1, -0.05) is 12.1 Å². The Balaban J connectivity index is 2.02. The van der Waals surface area contributed by atoms with Crippen LogP contribution >= 0.6 is 0 Å². The summed E-state index contributed by atoms with van der Waals surface area (Å²) in [7, 11) is 1.40. The average molecular weight is 380 g/mol. The lowest BCUT2D eigenvalue weighted by Gasteiger charge is -2.18. The predicted molar refractivity (Wildman–Crippen MR) is 94.6 cm³/mol. The molecule has 2 aromatic carbocycles. The third kappa shape index (κ3) is 5.47. The van der Waals surface area contributed by atoms with Gasteiger partial charge in [-0.15, -0.1) is 0 Å². The summed E-state index contributed by atoms with van der Waals surface area (Å²) in [5, 5.41) is 2.21. The average Bonchev–Trinajstić information content (AvgIpc) is 2.61. The van der Waals surface area contributed by atoms with E-state index >= 15 is 0 Å². The first-order valence-corrected chi connectivity index (χ1v) is 8.16. The van der Waals surface area contributed by atoms with Gasteiger partial charge in [0.05, 0.1) is 24.4 Å². The number of rotatable bonds is 6. The van der Waals surface area contributed by atoms with Crippen LogP contribution in [0.2, 0.25) is 0 Å². The van der Waals surface area contributed by atoms with E-state index in [-0.39, 0.29) is 5.69 Å².